The highest BCUT2D eigenvalue weighted by Crippen LogP contribution is 2.24. The number of amides is 1. The maximum atomic E-state index is 12.9. The summed E-state index contributed by atoms with van der Waals surface area (Å²) in [5.41, 5.74) is 4.14. The molecule has 1 atom stereocenters. The minimum atomic E-state index is -3.66. The van der Waals surface area contributed by atoms with Crippen LogP contribution in [0.2, 0.25) is 0 Å². The molecule has 0 saturated carbocycles. The maximum absolute atomic E-state index is 12.9. The number of nitrogens with one attached hydrogen (secondary N) is 1. The number of nitrogens with zero attached hydrogens (tertiary/aromatic N) is 3. The highest BCUT2D eigenvalue weighted by molar-refractivity contribution is 7.92. The minimum absolute atomic E-state index is 0.266. The summed E-state index contributed by atoms with van der Waals surface area (Å²) in [6.07, 6.45) is 6.32. The van der Waals surface area contributed by atoms with E-state index < -0.39 is 16.1 Å². The number of para-hydroxylation sites is 1. The van der Waals surface area contributed by atoms with Gasteiger partial charge in [0.2, 0.25) is 15.9 Å². The highest BCUT2D eigenvalue weighted by atomic mass is 32.2. The van der Waals surface area contributed by atoms with Crippen LogP contribution in [-0.2, 0) is 21.4 Å². The Morgan fingerprint density at radius 1 is 1.17 bits per heavy atom. The van der Waals surface area contributed by atoms with Crippen LogP contribution < -0.4 is 9.62 Å². The van der Waals surface area contributed by atoms with Crippen molar-refractivity contribution in [3.8, 4) is 5.69 Å². The largest absolute Gasteiger partial charge is 0.350 e. The van der Waals surface area contributed by atoms with Crippen molar-refractivity contribution < 1.29 is 13.2 Å². The quantitative estimate of drug-likeness (QED) is 0.630. The van der Waals surface area contributed by atoms with E-state index in [-0.39, 0.29) is 12.5 Å². The number of benzene rings is 2. The first-order valence-corrected chi connectivity index (χ1v) is 11.4. The molecule has 0 bridgehead atoms. The first kappa shape index (κ1) is 21.6. The summed E-state index contributed by atoms with van der Waals surface area (Å²) < 4.78 is 28.1. The summed E-state index contributed by atoms with van der Waals surface area (Å²) in [4.78, 5) is 17.0. The van der Waals surface area contributed by atoms with Crippen LogP contribution in [0, 0.1) is 13.8 Å². The fraction of sp³-hybridized carbons (Fsp3) is 0.273. The highest BCUT2D eigenvalue weighted by Gasteiger charge is 2.29. The predicted octanol–water partition coefficient (Wildman–Crippen LogP) is 2.96. The standard InChI is InChI=1S/C22H26N4O3S/c1-16-11-17(2)13-20(12-16)26(30(4,28)29)18(3)22(27)24-14-19-7-5-6-8-21(19)25-10-9-23-15-25/h5-13,15,18H,14H2,1-4H3,(H,24,27)/t18-/m0/s1. The molecule has 1 N–H and O–H groups in total. The Bertz CT molecular complexity index is 1120. The molecule has 0 saturated heterocycles. The van der Waals surface area contributed by atoms with E-state index in [1.54, 1.807) is 31.6 Å². The van der Waals surface area contributed by atoms with E-state index in [1.165, 1.54) is 4.31 Å². The van der Waals surface area contributed by atoms with Gasteiger partial charge >= 0.3 is 0 Å². The second kappa shape index (κ2) is 8.71. The van der Waals surface area contributed by atoms with Gasteiger partial charge in [-0.05, 0) is 55.7 Å². The molecule has 0 unspecified atom stereocenters. The first-order chi connectivity index (χ1) is 14.2. The van der Waals surface area contributed by atoms with Crippen molar-refractivity contribution >= 4 is 21.6 Å². The lowest BCUT2D eigenvalue weighted by molar-refractivity contribution is -0.122. The van der Waals surface area contributed by atoms with Crippen LogP contribution in [0.15, 0.2) is 61.2 Å². The molecule has 7 nitrogen and oxygen atoms in total. The predicted molar refractivity (Wildman–Crippen MR) is 118 cm³/mol. The second-order valence-corrected chi connectivity index (χ2v) is 9.26. The van der Waals surface area contributed by atoms with Gasteiger partial charge in [0.15, 0.2) is 0 Å². The van der Waals surface area contributed by atoms with E-state index in [4.69, 9.17) is 0 Å². The van der Waals surface area contributed by atoms with Crippen LogP contribution in [0.3, 0.4) is 0 Å². The Balaban J connectivity index is 1.82. The van der Waals surface area contributed by atoms with Gasteiger partial charge in [-0.2, -0.15) is 0 Å². The number of carbonyl (C=O) groups is 1. The summed E-state index contributed by atoms with van der Waals surface area (Å²) in [5.74, 6) is -0.375. The van der Waals surface area contributed by atoms with E-state index in [2.05, 4.69) is 10.3 Å². The van der Waals surface area contributed by atoms with Gasteiger partial charge in [-0.1, -0.05) is 24.3 Å². The number of hydrogen-bond acceptors (Lipinski definition) is 4. The van der Waals surface area contributed by atoms with Gasteiger partial charge in [0.1, 0.15) is 6.04 Å². The molecule has 0 aliphatic carbocycles. The summed E-state index contributed by atoms with van der Waals surface area (Å²) in [5, 5.41) is 2.87. The van der Waals surface area contributed by atoms with Crippen molar-refractivity contribution in [2.75, 3.05) is 10.6 Å². The van der Waals surface area contributed by atoms with Gasteiger partial charge in [0.05, 0.1) is 24.0 Å². The lowest BCUT2D eigenvalue weighted by atomic mass is 10.1. The van der Waals surface area contributed by atoms with Gasteiger partial charge in [-0.15, -0.1) is 0 Å². The minimum Gasteiger partial charge on any atom is -0.350 e. The van der Waals surface area contributed by atoms with Gasteiger partial charge < -0.3 is 9.88 Å². The lowest BCUT2D eigenvalue weighted by Gasteiger charge is -2.29. The first-order valence-electron chi connectivity index (χ1n) is 9.58. The van der Waals surface area contributed by atoms with Crippen LogP contribution in [0.1, 0.15) is 23.6 Å². The molecule has 0 fully saturated rings. The summed E-state index contributed by atoms with van der Waals surface area (Å²) in [7, 11) is -3.66. The SMILES string of the molecule is Cc1cc(C)cc(N([C@@H](C)C(=O)NCc2ccccc2-n2ccnc2)S(C)(=O)=O)c1. The summed E-state index contributed by atoms with van der Waals surface area (Å²) in [6, 6.07) is 12.3. The van der Waals surface area contributed by atoms with Gasteiger partial charge in [-0.3, -0.25) is 9.10 Å². The molecule has 30 heavy (non-hydrogen) atoms. The van der Waals surface area contributed by atoms with Gasteiger partial charge in [-0.25, -0.2) is 13.4 Å². The van der Waals surface area contributed by atoms with Crippen LogP contribution >= 0.6 is 0 Å². The number of carbonyl (C=O) groups excluding carboxylic acids is 1. The van der Waals surface area contributed by atoms with Crippen LogP contribution in [0.25, 0.3) is 5.69 Å². The Morgan fingerprint density at radius 2 is 1.83 bits per heavy atom. The number of hydrogen-bond donors (Lipinski definition) is 1. The van der Waals surface area contributed by atoms with E-state index in [1.807, 2.05) is 54.9 Å². The third kappa shape index (κ3) is 4.88. The zero-order chi connectivity index (χ0) is 21.9. The monoisotopic (exact) mass is 426 g/mol. The van der Waals surface area contributed by atoms with Crippen molar-refractivity contribution in [1.82, 2.24) is 14.9 Å². The molecule has 1 amide bonds. The van der Waals surface area contributed by atoms with E-state index in [0.717, 1.165) is 28.6 Å². The van der Waals surface area contributed by atoms with Crippen LogP contribution in [-0.4, -0.2) is 36.2 Å². The molecular weight excluding hydrogens is 400 g/mol. The Labute approximate surface area is 177 Å². The van der Waals surface area contributed by atoms with E-state index in [9.17, 15) is 13.2 Å². The average Bonchev–Trinajstić information content (AvgIpc) is 3.19. The molecule has 3 rings (SSSR count). The second-order valence-electron chi connectivity index (χ2n) is 7.40. The smallest absolute Gasteiger partial charge is 0.243 e. The third-order valence-corrected chi connectivity index (χ3v) is 6.02. The molecule has 0 aliphatic heterocycles. The average molecular weight is 427 g/mol. The number of imidazole rings is 1. The Morgan fingerprint density at radius 3 is 2.43 bits per heavy atom. The van der Waals surface area contributed by atoms with E-state index in [0.29, 0.717) is 5.69 Å². The maximum Gasteiger partial charge on any atom is 0.243 e. The Hall–Kier alpha value is -3.13. The molecule has 2 aromatic carbocycles. The molecule has 0 radical (unpaired) electrons. The van der Waals surface area contributed by atoms with Crippen molar-refractivity contribution in [3.63, 3.8) is 0 Å². The van der Waals surface area contributed by atoms with Crippen molar-refractivity contribution in [2.45, 2.75) is 33.4 Å². The van der Waals surface area contributed by atoms with Crippen molar-refractivity contribution in [3.05, 3.63) is 77.9 Å². The zero-order valence-corrected chi connectivity index (χ0v) is 18.3. The zero-order valence-electron chi connectivity index (χ0n) is 17.5. The number of rotatable bonds is 7. The van der Waals surface area contributed by atoms with Crippen molar-refractivity contribution in [2.24, 2.45) is 0 Å². The Kier molecular flexibility index (Phi) is 6.26. The van der Waals surface area contributed by atoms with Crippen LogP contribution in [0.4, 0.5) is 5.69 Å². The molecule has 8 heteroatoms. The van der Waals surface area contributed by atoms with Gasteiger partial charge in [0, 0.05) is 18.9 Å². The molecule has 0 aliphatic rings. The van der Waals surface area contributed by atoms with Gasteiger partial charge in [0.25, 0.3) is 0 Å². The molecule has 1 aromatic heterocycles. The topological polar surface area (TPSA) is 84.3 Å². The lowest BCUT2D eigenvalue weighted by Crippen LogP contribution is -2.47. The van der Waals surface area contributed by atoms with Crippen molar-refractivity contribution in [1.29, 1.82) is 0 Å². The summed E-state index contributed by atoms with van der Waals surface area (Å²) in [6.45, 7) is 5.65. The molecular formula is C22H26N4O3S. The normalized spacial score (nSPS) is 12.4. The summed E-state index contributed by atoms with van der Waals surface area (Å²) >= 11 is 0. The fourth-order valence-electron chi connectivity index (χ4n) is 3.53. The molecule has 3 aromatic rings. The number of aryl methyl sites for hydroxylation is 2. The number of aromatic nitrogens is 2. The number of sulfonamides is 1. The van der Waals surface area contributed by atoms with Crippen LogP contribution in [0.5, 0.6) is 0 Å². The third-order valence-electron chi connectivity index (χ3n) is 4.78. The molecule has 1 heterocycles. The number of anilines is 1. The molecule has 0 spiro atoms. The van der Waals surface area contributed by atoms with E-state index >= 15 is 0 Å². The fourth-order valence-corrected chi connectivity index (χ4v) is 4.69. The molecule has 158 valence electrons.